The maximum Gasteiger partial charge on any atom is 0.289 e. The zero-order valence-electron chi connectivity index (χ0n) is 15.8. The van der Waals surface area contributed by atoms with Gasteiger partial charge in [-0.15, -0.1) is 11.3 Å². The Kier molecular flexibility index (Phi) is 5.89. The lowest BCUT2D eigenvalue weighted by Gasteiger charge is -2.21. The zero-order valence-corrected chi connectivity index (χ0v) is 18.3. The molecule has 0 bridgehead atoms. The van der Waals surface area contributed by atoms with Gasteiger partial charge in [-0.1, -0.05) is 36.9 Å². The van der Waals surface area contributed by atoms with E-state index in [9.17, 15) is 9.00 Å². The van der Waals surface area contributed by atoms with E-state index < -0.39 is 10.8 Å². The van der Waals surface area contributed by atoms with E-state index in [0.717, 1.165) is 26.6 Å². The molecular formula is C20H22N2O3S3. The van der Waals surface area contributed by atoms with E-state index in [2.05, 4.69) is 4.98 Å². The first kappa shape index (κ1) is 19.7. The molecular weight excluding hydrogens is 412 g/mol. The fourth-order valence-electron chi connectivity index (χ4n) is 3.41. The number of nitrogens with zero attached hydrogens (tertiary/aromatic N) is 2. The molecule has 3 aromatic rings. The number of amides is 1. The number of benzene rings is 1. The topological polar surface area (TPSA) is 63.4 Å². The van der Waals surface area contributed by atoms with Gasteiger partial charge in [0.05, 0.1) is 0 Å². The molecule has 1 saturated heterocycles. The van der Waals surface area contributed by atoms with Crippen LogP contribution in [0.15, 0.2) is 38.4 Å². The summed E-state index contributed by atoms with van der Waals surface area (Å²) in [5, 5.41) is 3.00. The van der Waals surface area contributed by atoms with Crippen LogP contribution in [-0.2, 0) is 16.6 Å². The summed E-state index contributed by atoms with van der Waals surface area (Å²) in [5.41, 5.74) is 2.65. The number of thioether (sulfide) groups is 1. The molecule has 148 valence electrons. The monoisotopic (exact) mass is 434 g/mol. The van der Waals surface area contributed by atoms with Crippen LogP contribution < -0.4 is 0 Å². The molecule has 2 unspecified atom stereocenters. The summed E-state index contributed by atoms with van der Waals surface area (Å²) < 4.78 is 19.0. The average Bonchev–Trinajstić information content (AvgIpc) is 3.20. The lowest BCUT2D eigenvalue weighted by Crippen LogP contribution is -2.35. The number of hydrogen-bond acceptors (Lipinski definition) is 6. The SMILES string of the molecule is Cc1csc(SCc2c(C(=O)N3CCS(=O)CC(C)C3)oc3ccccc23)n1. The van der Waals surface area contributed by atoms with Gasteiger partial charge in [-0.2, -0.15) is 0 Å². The fraction of sp³-hybridized carbons (Fsp3) is 0.400. The Labute approximate surface area is 175 Å². The van der Waals surface area contributed by atoms with Crippen LogP contribution in [0.1, 0.15) is 28.7 Å². The Balaban J connectivity index is 1.65. The molecule has 0 saturated carbocycles. The molecule has 1 fully saturated rings. The Morgan fingerprint density at radius 2 is 2.25 bits per heavy atom. The molecule has 0 radical (unpaired) electrons. The number of thiazole rings is 1. The Morgan fingerprint density at radius 1 is 1.43 bits per heavy atom. The second-order valence-corrected chi connectivity index (χ2v) is 10.8. The van der Waals surface area contributed by atoms with Gasteiger partial charge < -0.3 is 9.32 Å². The summed E-state index contributed by atoms with van der Waals surface area (Å²) in [6, 6.07) is 7.77. The van der Waals surface area contributed by atoms with Crippen molar-refractivity contribution in [3.8, 4) is 0 Å². The minimum atomic E-state index is -0.863. The van der Waals surface area contributed by atoms with Gasteiger partial charge in [0.25, 0.3) is 5.91 Å². The largest absolute Gasteiger partial charge is 0.451 e. The number of furan rings is 1. The van der Waals surface area contributed by atoms with Gasteiger partial charge in [0.15, 0.2) is 5.76 Å². The molecule has 3 heterocycles. The van der Waals surface area contributed by atoms with Crippen LogP contribution in [0.2, 0.25) is 0 Å². The van der Waals surface area contributed by atoms with Gasteiger partial charge in [-0.25, -0.2) is 4.98 Å². The molecule has 1 aromatic carbocycles. The summed E-state index contributed by atoms with van der Waals surface area (Å²) in [5.74, 6) is 2.32. The smallest absolute Gasteiger partial charge is 0.289 e. The van der Waals surface area contributed by atoms with Crippen molar-refractivity contribution in [3.63, 3.8) is 0 Å². The van der Waals surface area contributed by atoms with Crippen LogP contribution in [0.5, 0.6) is 0 Å². The summed E-state index contributed by atoms with van der Waals surface area (Å²) in [4.78, 5) is 19.6. The first-order valence-corrected chi connectivity index (χ1v) is 12.6. The quantitative estimate of drug-likeness (QED) is 0.572. The summed E-state index contributed by atoms with van der Waals surface area (Å²) in [7, 11) is -0.863. The average molecular weight is 435 g/mol. The maximum absolute atomic E-state index is 13.3. The van der Waals surface area contributed by atoms with Crippen LogP contribution in [0.3, 0.4) is 0 Å². The zero-order chi connectivity index (χ0) is 19.7. The summed E-state index contributed by atoms with van der Waals surface area (Å²) >= 11 is 3.24. The van der Waals surface area contributed by atoms with Crippen molar-refractivity contribution in [2.45, 2.75) is 23.9 Å². The number of para-hydroxylation sites is 1. The maximum atomic E-state index is 13.3. The second kappa shape index (κ2) is 8.39. The highest BCUT2D eigenvalue weighted by atomic mass is 32.2. The highest BCUT2D eigenvalue weighted by Gasteiger charge is 2.28. The molecule has 4 rings (SSSR count). The molecule has 1 aliphatic heterocycles. The number of aromatic nitrogens is 1. The van der Waals surface area contributed by atoms with Crippen molar-refractivity contribution >= 4 is 50.8 Å². The van der Waals surface area contributed by atoms with Gasteiger partial charge in [-0.3, -0.25) is 9.00 Å². The van der Waals surface area contributed by atoms with Gasteiger partial charge in [-0.05, 0) is 18.9 Å². The molecule has 0 N–H and O–H groups in total. The van der Waals surface area contributed by atoms with Gasteiger partial charge >= 0.3 is 0 Å². The fourth-order valence-corrected chi connectivity index (χ4v) is 6.62. The second-order valence-electron chi connectivity index (χ2n) is 7.12. The molecule has 28 heavy (non-hydrogen) atoms. The van der Waals surface area contributed by atoms with Crippen LogP contribution >= 0.6 is 23.1 Å². The molecule has 2 atom stereocenters. The van der Waals surface area contributed by atoms with Crippen molar-refractivity contribution in [3.05, 3.63) is 46.7 Å². The van der Waals surface area contributed by atoms with E-state index in [-0.39, 0.29) is 11.8 Å². The van der Waals surface area contributed by atoms with E-state index in [4.69, 9.17) is 4.42 Å². The number of carbonyl (C=O) groups excluding carboxylic acids is 1. The van der Waals surface area contributed by atoms with Crippen LogP contribution in [0.4, 0.5) is 0 Å². The van der Waals surface area contributed by atoms with E-state index in [0.29, 0.717) is 36.1 Å². The van der Waals surface area contributed by atoms with Gasteiger partial charge in [0, 0.05) is 63.2 Å². The highest BCUT2D eigenvalue weighted by molar-refractivity contribution is 8.00. The standard InChI is InChI=1S/C20H22N2O3S3/c1-13-9-22(7-8-28(24)12-13)19(23)18-16(11-27-20-21-14(2)10-26-20)15-5-3-4-6-17(15)25-18/h3-6,10,13H,7-9,11-12H2,1-2H3. The van der Waals surface area contributed by atoms with Gasteiger partial charge in [0.2, 0.25) is 0 Å². The van der Waals surface area contributed by atoms with Crippen molar-refractivity contribution in [2.24, 2.45) is 5.92 Å². The number of hydrogen-bond donors (Lipinski definition) is 0. The first-order valence-electron chi connectivity index (χ1n) is 9.21. The van der Waals surface area contributed by atoms with Crippen LogP contribution in [-0.4, -0.2) is 44.6 Å². The molecule has 0 aliphatic carbocycles. The summed E-state index contributed by atoms with van der Waals surface area (Å²) in [6.45, 7) is 5.14. The Morgan fingerprint density at radius 3 is 3.04 bits per heavy atom. The predicted molar refractivity (Wildman–Crippen MR) is 116 cm³/mol. The molecule has 1 amide bonds. The molecule has 8 heteroatoms. The molecule has 1 aliphatic rings. The third-order valence-electron chi connectivity index (χ3n) is 4.71. The minimum Gasteiger partial charge on any atom is -0.451 e. The minimum absolute atomic E-state index is 0.104. The lowest BCUT2D eigenvalue weighted by atomic mass is 10.1. The van der Waals surface area contributed by atoms with Crippen molar-refractivity contribution in [1.82, 2.24) is 9.88 Å². The molecule has 5 nitrogen and oxygen atoms in total. The first-order chi connectivity index (χ1) is 13.5. The van der Waals surface area contributed by atoms with Crippen molar-refractivity contribution < 1.29 is 13.4 Å². The number of carbonyl (C=O) groups is 1. The number of aryl methyl sites for hydroxylation is 1. The Bertz CT molecular complexity index is 1030. The molecule has 2 aromatic heterocycles. The van der Waals surface area contributed by atoms with Crippen molar-refractivity contribution in [2.75, 3.05) is 24.6 Å². The third kappa shape index (κ3) is 4.18. The van der Waals surface area contributed by atoms with Gasteiger partial charge in [0.1, 0.15) is 9.92 Å². The van der Waals surface area contributed by atoms with Crippen molar-refractivity contribution in [1.29, 1.82) is 0 Å². The van der Waals surface area contributed by atoms with E-state index in [1.54, 1.807) is 28.0 Å². The van der Waals surface area contributed by atoms with E-state index >= 15 is 0 Å². The summed E-state index contributed by atoms with van der Waals surface area (Å²) in [6.07, 6.45) is 0. The van der Waals surface area contributed by atoms with Crippen LogP contribution in [0.25, 0.3) is 11.0 Å². The highest BCUT2D eigenvalue weighted by Crippen LogP contribution is 2.34. The third-order valence-corrected chi connectivity index (χ3v) is 8.45. The lowest BCUT2D eigenvalue weighted by molar-refractivity contribution is 0.0721. The van der Waals surface area contributed by atoms with E-state index in [1.165, 1.54) is 0 Å². The Hall–Kier alpha value is -1.64. The normalized spacial score (nSPS) is 20.4. The predicted octanol–water partition coefficient (Wildman–Crippen LogP) is 4.33. The van der Waals surface area contributed by atoms with Crippen LogP contribution in [0, 0.1) is 12.8 Å². The number of fused-ring (bicyclic) bond motifs is 1. The molecule has 0 spiro atoms. The van der Waals surface area contributed by atoms with E-state index in [1.807, 2.05) is 43.5 Å². The number of rotatable bonds is 4.